The third-order valence-corrected chi connectivity index (χ3v) is 5.98. The second-order valence-corrected chi connectivity index (χ2v) is 7.65. The van der Waals surface area contributed by atoms with Gasteiger partial charge < -0.3 is 14.8 Å². The number of carbonyl (C=O) groups excluding carboxylic acids is 2. The number of amides is 1. The number of fused-ring (bicyclic) bond motifs is 2. The van der Waals surface area contributed by atoms with Crippen LogP contribution >= 0.6 is 22.9 Å². The van der Waals surface area contributed by atoms with E-state index < -0.39 is 12.1 Å². The second-order valence-electron chi connectivity index (χ2n) is 6.10. The number of benzene rings is 1. The quantitative estimate of drug-likeness (QED) is 0.830. The average Bonchev–Trinajstić information content (AvgIpc) is 3.27. The number of hydrogen-bond donors (Lipinski definition) is 1. The molecule has 25 heavy (non-hydrogen) atoms. The van der Waals surface area contributed by atoms with Crippen LogP contribution in [0.4, 0.5) is 5.00 Å². The van der Waals surface area contributed by atoms with Gasteiger partial charge in [0.05, 0.1) is 12.7 Å². The van der Waals surface area contributed by atoms with E-state index in [9.17, 15) is 9.59 Å². The zero-order valence-corrected chi connectivity index (χ0v) is 15.1. The van der Waals surface area contributed by atoms with E-state index in [1.165, 1.54) is 18.4 Å². The highest BCUT2D eigenvalue weighted by Crippen LogP contribution is 2.40. The van der Waals surface area contributed by atoms with E-state index in [0.29, 0.717) is 27.8 Å². The average molecular weight is 378 g/mol. The first-order valence-corrected chi connectivity index (χ1v) is 9.25. The van der Waals surface area contributed by atoms with Gasteiger partial charge in [-0.25, -0.2) is 4.79 Å². The maximum atomic E-state index is 12.6. The standard InChI is InChI=1S/C18H16ClNO4S/c1-23-18(22)15-11-3-2-4-14(11)25-17(15)20-16(21)13-8-9-7-10(19)5-6-12(9)24-13/h5-7,13H,2-4,8H2,1H3,(H,20,21). The van der Waals surface area contributed by atoms with Gasteiger partial charge in [-0.05, 0) is 48.6 Å². The Labute approximate surface area is 153 Å². The predicted molar refractivity (Wildman–Crippen MR) is 95.9 cm³/mol. The minimum absolute atomic E-state index is 0.266. The lowest BCUT2D eigenvalue weighted by Crippen LogP contribution is -2.31. The first kappa shape index (κ1) is 16.4. The van der Waals surface area contributed by atoms with Crippen LogP contribution in [0.15, 0.2) is 18.2 Å². The van der Waals surface area contributed by atoms with Gasteiger partial charge in [0.1, 0.15) is 10.8 Å². The molecule has 0 bridgehead atoms. The summed E-state index contributed by atoms with van der Waals surface area (Å²) < 4.78 is 10.6. The van der Waals surface area contributed by atoms with Gasteiger partial charge in [-0.15, -0.1) is 11.3 Å². The lowest BCUT2D eigenvalue weighted by Gasteiger charge is -2.11. The highest BCUT2D eigenvalue weighted by Gasteiger charge is 2.33. The highest BCUT2D eigenvalue weighted by molar-refractivity contribution is 7.17. The van der Waals surface area contributed by atoms with Gasteiger partial charge >= 0.3 is 5.97 Å². The van der Waals surface area contributed by atoms with Gasteiger partial charge in [-0.2, -0.15) is 0 Å². The molecule has 7 heteroatoms. The summed E-state index contributed by atoms with van der Waals surface area (Å²) in [5.74, 6) is 0.000854. The van der Waals surface area contributed by atoms with Crippen molar-refractivity contribution in [1.82, 2.24) is 0 Å². The molecule has 0 fully saturated rings. The van der Waals surface area contributed by atoms with E-state index in [0.717, 1.165) is 35.3 Å². The van der Waals surface area contributed by atoms with Gasteiger partial charge in [0, 0.05) is 16.3 Å². The largest absolute Gasteiger partial charge is 0.480 e. The van der Waals surface area contributed by atoms with Crippen molar-refractivity contribution in [2.75, 3.05) is 12.4 Å². The Bertz CT molecular complexity index is 876. The number of halogens is 1. The number of ether oxygens (including phenoxy) is 2. The van der Waals surface area contributed by atoms with E-state index in [1.807, 2.05) is 6.07 Å². The van der Waals surface area contributed by atoms with E-state index in [2.05, 4.69) is 5.32 Å². The Morgan fingerprint density at radius 3 is 3.00 bits per heavy atom. The number of esters is 1. The summed E-state index contributed by atoms with van der Waals surface area (Å²) in [6.07, 6.45) is 2.64. The van der Waals surface area contributed by atoms with Crippen molar-refractivity contribution in [3.8, 4) is 5.75 Å². The Balaban J connectivity index is 1.55. The lowest BCUT2D eigenvalue weighted by atomic mass is 10.1. The summed E-state index contributed by atoms with van der Waals surface area (Å²) in [7, 11) is 1.35. The third-order valence-electron chi connectivity index (χ3n) is 4.54. The van der Waals surface area contributed by atoms with E-state index in [-0.39, 0.29) is 5.91 Å². The molecule has 1 atom stereocenters. The first-order valence-electron chi connectivity index (χ1n) is 8.05. The number of carbonyl (C=O) groups is 2. The van der Waals surface area contributed by atoms with Crippen LogP contribution in [0, 0.1) is 0 Å². The molecule has 0 spiro atoms. The van der Waals surface area contributed by atoms with Gasteiger partial charge in [-0.1, -0.05) is 11.6 Å². The zero-order chi connectivity index (χ0) is 17.6. The molecule has 1 amide bonds. The second kappa shape index (κ2) is 6.35. The molecule has 1 unspecified atom stereocenters. The molecule has 1 N–H and O–H groups in total. The number of nitrogens with one attached hydrogen (secondary N) is 1. The number of aryl methyl sites for hydroxylation is 1. The van der Waals surface area contributed by atoms with Crippen molar-refractivity contribution in [1.29, 1.82) is 0 Å². The molecule has 5 nitrogen and oxygen atoms in total. The molecule has 2 aromatic rings. The fraction of sp³-hybridized carbons (Fsp3) is 0.333. The van der Waals surface area contributed by atoms with Gasteiger partial charge in [0.25, 0.3) is 5.91 Å². The minimum Gasteiger partial charge on any atom is -0.480 e. The summed E-state index contributed by atoms with van der Waals surface area (Å²) in [6.45, 7) is 0. The van der Waals surface area contributed by atoms with Crippen molar-refractivity contribution in [3.05, 3.63) is 44.8 Å². The number of anilines is 1. The fourth-order valence-corrected chi connectivity index (χ4v) is 4.84. The molecule has 2 aliphatic rings. The van der Waals surface area contributed by atoms with Crippen LogP contribution in [-0.4, -0.2) is 25.1 Å². The molecule has 0 radical (unpaired) electrons. The Kier molecular flexibility index (Phi) is 4.17. The van der Waals surface area contributed by atoms with E-state index in [1.54, 1.807) is 12.1 Å². The van der Waals surface area contributed by atoms with Gasteiger partial charge in [0.15, 0.2) is 6.10 Å². The lowest BCUT2D eigenvalue weighted by molar-refractivity contribution is -0.122. The van der Waals surface area contributed by atoms with Crippen LogP contribution in [0.1, 0.15) is 32.8 Å². The van der Waals surface area contributed by atoms with Crippen LogP contribution in [0.3, 0.4) is 0 Å². The zero-order valence-electron chi connectivity index (χ0n) is 13.6. The van der Waals surface area contributed by atoms with Crippen molar-refractivity contribution in [2.24, 2.45) is 0 Å². The normalized spacial score (nSPS) is 17.6. The molecular formula is C18H16ClNO4S. The van der Waals surface area contributed by atoms with Gasteiger partial charge in [0.2, 0.25) is 0 Å². The van der Waals surface area contributed by atoms with Crippen LogP contribution in [0.2, 0.25) is 5.02 Å². The SMILES string of the molecule is COC(=O)c1c(NC(=O)C2Cc3cc(Cl)ccc3O2)sc2c1CCC2. The smallest absolute Gasteiger partial charge is 0.341 e. The molecule has 0 saturated carbocycles. The number of rotatable bonds is 3. The predicted octanol–water partition coefficient (Wildman–Crippen LogP) is 3.62. The third kappa shape index (κ3) is 2.89. The molecule has 130 valence electrons. The maximum Gasteiger partial charge on any atom is 0.341 e. The minimum atomic E-state index is -0.629. The van der Waals surface area contributed by atoms with Crippen LogP contribution < -0.4 is 10.1 Å². The molecular weight excluding hydrogens is 362 g/mol. The molecule has 1 aromatic carbocycles. The molecule has 0 saturated heterocycles. The Morgan fingerprint density at radius 1 is 1.36 bits per heavy atom. The molecule has 4 rings (SSSR count). The van der Waals surface area contributed by atoms with Crippen LogP contribution in [-0.2, 0) is 28.8 Å². The summed E-state index contributed by atoms with van der Waals surface area (Å²) in [4.78, 5) is 26.0. The fourth-order valence-electron chi connectivity index (χ4n) is 3.37. The first-order chi connectivity index (χ1) is 12.1. The number of hydrogen-bond acceptors (Lipinski definition) is 5. The molecule has 1 aromatic heterocycles. The molecule has 1 aliphatic heterocycles. The molecule has 1 aliphatic carbocycles. The summed E-state index contributed by atoms with van der Waals surface area (Å²) in [6, 6.07) is 5.31. The van der Waals surface area contributed by atoms with Crippen molar-refractivity contribution in [2.45, 2.75) is 31.8 Å². The van der Waals surface area contributed by atoms with Gasteiger partial charge in [-0.3, -0.25) is 4.79 Å². The Hall–Kier alpha value is -2.05. The number of thiophene rings is 1. The van der Waals surface area contributed by atoms with Crippen molar-refractivity contribution >= 4 is 39.8 Å². The summed E-state index contributed by atoms with van der Waals surface area (Å²) in [5.41, 5.74) is 2.41. The summed E-state index contributed by atoms with van der Waals surface area (Å²) >= 11 is 7.45. The highest BCUT2D eigenvalue weighted by atomic mass is 35.5. The summed E-state index contributed by atoms with van der Waals surface area (Å²) in [5, 5.41) is 4.04. The van der Waals surface area contributed by atoms with E-state index in [4.69, 9.17) is 21.1 Å². The Morgan fingerprint density at radius 2 is 2.20 bits per heavy atom. The van der Waals surface area contributed by atoms with E-state index >= 15 is 0 Å². The van der Waals surface area contributed by atoms with Crippen LogP contribution in [0.25, 0.3) is 0 Å². The van der Waals surface area contributed by atoms with Crippen LogP contribution in [0.5, 0.6) is 5.75 Å². The maximum absolute atomic E-state index is 12.6. The monoisotopic (exact) mass is 377 g/mol. The number of methoxy groups -OCH3 is 1. The van der Waals surface area contributed by atoms with Crippen molar-refractivity contribution in [3.63, 3.8) is 0 Å². The van der Waals surface area contributed by atoms with Crippen molar-refractivity contribution < 1.29 is 19.1 Å². The molecule has 2 heterocycles. The topological polar surface area (TPSA) is 64.6 Å².